The number of carboxylic acids is 1. The Bertz CT molecular complexity index is 760. The van der Waals surface area contributed by atoms with Gasteiger partial charge in [0.2, 0.25) is 0 Å². The Morgan fingerprint density at radius 2 is 1.50 bits per heavy atom. The summed E-state index contributed by atoms with van der Waals surface area (Å²) in [6.45, 7) is 0.699. The second-order valence-electron chi connectivity index (χ2n) is 5.68. The van der Waals surface area contributed by atoms with Gasteiger partial charge in [-0.1, -0.05) is 30.3 Å². The van der Waals surface area contributed by atoms with Gasteiger partial charge in [0.15, 0.2) is 0 Å². The van der Waals surface area contributed by atoms with Crippen LogP contribution >= 0.6 is 0 Å². The van der Waals surface area contributed by atoms with Crippen molar-refractivity contribution in [1.82, 2.24) is 10.6 Å². The van der Waals surface area contributed by atoms with E-state index in [2.05, 4.69) is 10.6 Å². The molecule has 2 aromatic rings. The van der Waals surface area contributed by atoms with Crippen LogP contribution in [-0.2, 0) is 11.2 Å². The molecule has 7 nitrogen and oxygen atoms in total. The Hall–Kier alpha value is -3.19. The van der Waals surface area contributed by atoms with Crippen LogP contribution in [0.4, 0.5) is 0 Å². The summed E-state index contributed by atoms with van der Waals surface area (Å²) in [6.07, 6.45) is 0.182. The SMILES string of the molecule is NCCNC(=O)c1ccc(C(=O)NC(Cc2ccccc2)C(=O)O)cc1. The smallest absolute Gasteiger partial charge is 0.326 e. The predicted molar refractivity (Wildman–Crippen MR) is 96.9 cm³/mol. The molecule has 0 aliphatic heterocycles. The van der Waals surface area contributed by atoms with E-state index in [1.165, 1.54) is 24.3 Å². The van der Waals surface area contributed by atoms with E-state index in [9.17, 15) is 19.5 Å². The number of amides is 2. The van der Waals surface area contributed by atoms with Crippen molar-refractivity contribution in [3.8, 4) is 0 Å². The van der Waals surface area contributed by atoms with Crippen LogP contribution in [0.25, 0.3) is 0 Å². The molecule has 0 heterocycles. The number of nitrogens with two attached hydrogens (primary N) is 1. The first-order valence-corrected chi connectivity index (χ1v) is 8.17. The van der Waals surface area contributed by atoms with Gasteiger partial charge in [0.25, 0.3) is 11.8 Å². The van der Waals surface area contributed by atoms with Crippen LogP contribution in [-0.4, -0.2) is 42.0 Å². The fraction of sp³-hybridized carbons (Fsp3) is 0.211. The molecule has 0 aromatic heterocycles. The fourth-order valence-electron chi connectivity index (χ4n) is 2.35. The van der Waals surface area contributed by atoms with E-state index >= 15 is 0 Å². The molecule has 5 N–H and O–H groups in total. The van der Waals surface area contributed by atoms with Gasteiger partial charge in [-0.05, 0) is 29.8 Å². The van der Waals surface area contributed by atoms with Crippen molar-refractivity contribution >= 4 is 17.8 Å². The normalized spacial score (nSPS) is 11.4. The van der Waals surface area contributed by atoms with Crippen LogP contribution in [0, 0.1) is 0 Å². The molecule has 2 rings (SSSR count). The third kappa shape index (κ3) is 5.42. The highest BCUT2D eigenvalue weighted by Crippen LogP contribution is 2.07. The van der Waals surface area contributed by atoms with Gasteiger partial charge in [0.1, 0.15) is 6.04 Å². The molecule has 0 bridgehead atoms. The molecule has 1 atom stereocenters. The number of carbonyl (C=O) groups is 3. The summed E-state index contributed by atoms with van der Waals surface area (Å²) in [4.78, 5) is 35.6. The lowest BCUT2D eigenvalue weighted by molar-refractivity contribution is -0.139. The molecule has 1 unspecified atom stereocenters. The first-order valence-electron chi connectivity index (χ1n) is 8.17. The van der Waals surface area contributed by atoms with Gasteiger partial charge in [-0.2, -0.15) is 0 Å². The largest absolute Gasteiger partial charge is 0.480 e. The van der Waals surface area contributed by atoms with E-state index < -0.39 is 17.9 Å². The summed E-state index contributed by atoms with van der Waals surface area (Å²) >= 11 is 0. The number of hydrogen-bond donors (Lipinski definition) is 4. The van der Waals surface area contributed by atoms with E-state index in [0.29, 0.717) is 18.7 Å². The maximum atomic E-state index is 12.3. The molecule has 0 saturated carbocycles. The van der Waals surface area contributed by atoms with Gasteiger partial charge < -0.3 is 21.5 Å². The zero-order valence-corrected chi connectivity index (χ0v) is 14.1. The van der Waals surface area contributed by atoms with Gasteiger partial charge in [0.05, 0.1) is 0 Å². The van der Waals surface area contributed by atoms with E-state index in [1.807, 2.05) is 18.2 Å². The molecular weight excluding hydrogens is 334 g/mol. The number of carboxylic acid groups (broad SMARTS) is 1. The summed E-state index contributed by atoms with van der Waals surface area (Å²) in [5.41, 5.74) is 6.82. The summed E-state index contributed by atoms with van der Waals surface area (Å²) in [5, 5.41) is 14.5. The second-order valence-corrected chi connectivity index (χ2v) is 5.68. The van der Waals surface area contributed by atoms with Crippen LogP contribution in [0.3, 0.4) is 0 Å². The van der Waals surface area contributed by atoms with Crippen molar-refractivity contribution in [2.45, 2.75) is 12.5 Å². The highest BCUT2D eigenvalue weighted by molar-refractivity contribution is 5.99. The highest BCUT2D eigenvalue weighted by Gasteiger charge is 2.21. The first-order chi connectivity index (χ1) is 12.5. The first kappa shape index (κ1) is 19.1. The quantitative estimate of drug-likeness (QED) is 0.558. The average Bonchev–Trinajstić information content (AvgIpc) is 2.66. The van der Waals surface area contributed by atoms with Gasteiger partial charge >= 0.3 is 5.97 Å². The standard InChI is InChI=1S/C19H21N3O4/c20-10-11-21-17(23)14-6-8-15(9-7-14)18(24)22-16(19(25)26)12-13-4-2-1-3-5-13/h1-9,16H,10-12,20H2,(H,21,23)(H,22,24)(H,25,26). The van der Waals surface area contributed by atoms with Crippen molar-refractivity contribution in [2.75, 3.05) is 13.1 Å². The molecule has 0 spiro atoms. The van der Waals surface area contributed by atoms with Crippen molar-refractivity contribution < 1.29 is 19.5 Å². The van der Waals surface area contributed by atoms with Crippen LogP contribution in [0.2, 0.25) is 0 Å². The van der Waals surface area contributed by atoms with Crippen molar-refractivity contribution in [1.29, 1.82) is 0 Å². The Morgan fingerprint density at radius 3 is 2.04 bits per heavy atom. The van der Waals surface area contributed by atoms with Gasteiger partial charge in [-0.25, -0.2) is 4.79 Å². The van der Waals surface area contributed by atoms with Gasteiger partial charge in [-0.3, -0.25) is 9.59 Å². The third-order valence-electron chi connectivity index (χ3n) is 3.73. The molecule has 7 heteroatoms. The Morgan fingerprint density at radius 1 is 0.923 bits per heavy atom. The molecule has 136 valence electrons. The van der Waals surface area contributed by atoms with Crippen LogP contribution in [0.15, 0.2) is 54.6 Å². The number of rotatable bonds is 8. The minimum atomic E-state index is -1.11. The van der Waals surface area contributed by atoms with Gasteiger partial charge in [-0.15, -0.1) is 0 Å². The lowest BCUT2D eigenvalue weighted by Crippen LogP contribution is -2.42. The lowest BCUT2D eigenvalue weighted by atomic mass is 10.1. The number of hydrogen-bond acceptors (Lipinski definition) is 4. The maximum absolute atomic E-state index is 12.3. The fourth-order valence-corrected chi connectivity index (χ4v) is 2.35. The monoisotopic (exact) mass is 355 g/mol. The summed E-state index contributed by atoms with van der Waals surface area (Å²) in [5.74, 6) is -1.91. The topological polar surface area (TPSA) is 122 Å². The molecule has 0 aliphatic rings. The molecule has 2 amide bonds. The molecule has 0 radical (unpaired) electrons. The van der Waals surface area contributed by atoms with Gasteiger partial charge in [0, 0.05) is 30.6 Å². The molecular formula is C19H21N3O4. The molecule has 26 heavy (non-hydrogen) atoms. The van der Waals surface area contributed by atoms with E-state index in [-0.39, 0.29) is 17.9 Å². The molecule has 0 fully saturated rings. The van der Waals surface area contributed by atoms with Crippen molar-refractivity contribution in [3.63, 3.8) is 0 Å². The Labute approximate surface area is 151 Å². The van der Waals surface area contributed by atoms with E-state index in [4.69, 9.17) is 5.73 Å². The van der Waals surface area contributed by atoms with E-state index in [0.717, 1.165) is 5.56 Å². The summed E-state index contributed by atoms with van der Waals surface area (Å²) < 4.78 is 0. The number of carbonyl (C=O) groups excluding carboxylic acids is 2. The number of benzene rings is 2. The molecule has 0 saturated heterocycles. The minimum absolute atomic E-state index is 0.182. The van der Waals surface area contributed by atoms with Crippen LogP contribution in [0.5, 0.6) is 0 Å². The van der Waals surface area contributed by atoms with E-state index in [1.54, 1.807) is 12.1 Å². The summed E-state index contributed by atoms with van der Waals surface area (Å²) in [7, 11) is 0. The van der Waals surface area contributed by atoms with Crippen molar-refractivity contribution in [2.24, 2.45) is 5.73 Å². The Kier molecular flexibility index (Phi) is 6.87. The number of nitrogens with one attached hydrogen (secondary N) is 2. The molecule has 2 aromatic carbocycles. The van der Waals surface area contributed by atoms with Crippen molar-refractivity contribution in [3.05, 3.63) is 71.3 Å². The second kappa shape index (κ2) is 9.33. The predicted octanol–water partition coefficient (Wildman–Crippen LogP) is 0.801. The molecule has 0 aliphatic carbocycles. The van der Waals surface area contributed by atoms with Crippen LogP contribution in [0.1, 0.15) is 26.3 Å². The highest BCUT2D eigenvalue weighted by atomic mass is 16.4. The minimum Gasteiger partial charge on any atom is -0.480 e. The maximum Gasteiger partial charge on any atom is 0.326 e. The average molecular weight is 355 g/mol. The number of aliphatic carboxylic acids is 1. The van der Waals surface area contributed by atoms with Crippen LogP contribution < -0.4 is 16.4 Å². The zero-order valence-electron chi connectivity index (χ0n) is 14.1. The Balaban J connectivity index is 2.02. The third-order valence-corrected chi connectivity index (χ3v) is 3.73. The zero-order chi connectivity index (χ0) is 18.9. The lowest BCUT2D eigenvalue weighted by Gasteiger charge is -2.15. The summed E-state index contributed by atoms with van der Waals surface area (Å²) in [6, 6.07) is 14.0.